The van der Waals surface area contributed by atoms with Crippen LogP contribution in [0.3, 0.4) is 0 Å². The Labute approximate surface area is 150 Å². The molecule has 0 radical (unpaired) electrons. The number of allylic oxidation sites excluding steroid dienone is 1. The molecule has 0 spiro atoms. The summed E-state index contributed by atoms with van der Waals surface area (Å²) in [5.41, 5.74) is 5.63. The van der Waals surface area contributed by atoms with Crippen LogP contribution in [0.5, 0.6) is 0 Å². The van der Waals surface area contributed by atoms with Crippen LogP contribution in [0.25, 0.3) is 0 Å². The van der Waals surface area contributed by atoms with Crippen LogP contribution in [0.4, 0.5) is 0 Å². The van der Waals surface area contributed by atoms with Gasteiger partial charge in [-0.3, -0.25) is 0 Å². The van der Waals surface area contributed by atoms with Crippen LogP contribution in [0, 0.1) is 6.92 Å². The summed E-state index contributed by atoms with van der Waals surface area (Å²) in [6, 6.07) is 7.54. The number of benzene rings is 1. The second-order valence-electron chi connectivity index (χ2n) is 7.30. The Morgan fingerprint density at radius 3 is 2.42 bits per heavy atom. The van der Waals surface area contributed by atoms with Crippen LogP contribution in [0.1, 0.15) is 95.2 Å². The topological polar surface area (TPSA) is 12.0 Å². The highest BCUT2D eigenvalue weighted by Gasteiger charge is 2.18. The van der Waals surface area contributed by atoms with Crippen molar-refractivity contribution in [1.29, 1.82) is 0 Å². The van der Waals surface area contributed by atoms with E-state index < -0.39 is 0 Å². The van der Waals surface area contributed by atoms with Gasteiger partial charge in [-0.05, 0) is 55.7 Å². The molecule has 0 amide bonds. The fourth-order valence-electron chi connectivity index (χ4n) is 3.35. The highest BCUT2D eigenvalue weighted by atomic mass is 14.9. The molecule has 2 unspecified atom stereocenters. The third-order valence-corrected chi connectivity index (χ3v) is 5.21. The van der Waals surface area contributed by atoms with Gasteiger partial charge in [-0.2, -0.15) is 0 Å². The van der Waals surface area contributed by atoms with Gasteiger partial charge in [0.15, 0.2) is 0 Å². The SMILES string of the molecule is C=C(CCCCC)NC(CC)C(C)c1ccc(C)c(CCCC)c1. The number of nitrogens with one attached hydrogen (secondary N) is 1. The van der Waals surface area contributed by atoms with E-state index in [2.05, 4.69) is 64.7 Å². The third-order valence-electron chi connectivity index (χ3n) is 5.21. The molecular formula is C23H39N. The van der Waals surface area contributed by atoms with E-state index in [-0.39, 0.29) is 0 Å². The predicted octanol–water partition coefficient (Wildman–Crippen LogP) is 6.90. The van der Waals surface area contributed by atoms with Gasteiger partial charge >= 0.3 is 0 Å². The van der Waals surface area contributed by atoms with Crippen molar-refractivity contribution in [2.24, 2.45) is 0 Å². The standard InChI is InChI=1S/C23H39N/c1-7-10-12-13-19(5)24-23(9-3)20(6)22-16-15-18(4)21(17-22)14-11-8-2/h15-17,20,23-24H,5,7-14H2,1-4,6H3. The average Bonchev–Trinajstić information content (AvgIpc) is 2.58. The highest BCUT2D eigenvalue weighted by Crippen LogP contribution is 2.25. The van der Waals surface area contributed by atoms with Crippen LogP contribution in [-0.2, 0) is 6.42 Å². The zero-order valence-corrected chi connectivity index (χ0v) is 16.8. The molecule has 24 heavy (non-hydrogen) atoms. The molecule has 0 heterocycles. The van der Waals surface area contributed by atoms with E-state index in [0.29, 0.717) is 12.0 Å². The van der Waals surface area contributed by atoms with E-state index >= 15 is 0 Å². The largest absolute Gasteiger partial charge is 0.385 e. The van der Waals surface area contributed by atoms with Crippen LogP contribution >= 0.6 is 0 Å². The zero-order valence-electron chi connectivity index (χ0n) is 16.8. The number of hydrogen-bond donors (Lipinski definition) is 1. The van der Waals surface area contributed by atoms with E-state index in [1.165, 1.54) is 60.9 Å². The molecule has 0 saturated carbocycles. The average molecular weight is 330 g/mol. The normalized spacial score (nSPS) is 13.5. The molecule has 0 aromatic heterocycles. The van der Waals surface area contributed by atoms with Gasteiger partial charge in [-0.1, -0.05) is 71.7 Å². The van der Waals surface area contributed by atoms with Crippen molar-refractivity contribution >= 4 is 0 Å². The van der Waals surface area contributed by atoms with Crippen molar-refractivity contribution < 1.29 is 0 Å². The summed E-state index contributed by atoms with van der Waals surface area (Å²) < 4.78 is 0. The smallest absolute Gasteiger partial charge is 0.0321 e. The molecule has 0 saturated heterocycles. The number of hydrogen-bond acceptors (Lipinski definition) is 1. The molecule has 0 aliphatic carbocycles. The monoisotopic (exact) mass is 329 g/mol. The minimum absolute atomic E-state index is 0.473. The lowest BCUT2D eigenvalue weighted by molar-refractivity contribution is 0.465. The molecule has 0 aliphatic rings. The Bertz CT molecular complexity index is 489. The third kappa shape index (κ3) is 6.71. The molecule has 0 aliphatic heterocycles. The summed E-state index contributed by atoms with van der Waals surface area (Å²) in [5, 5.41) is 3.71. The summed E-state index contributed by atoms with van der Waals surface area (Å²) in [5.74, 6) is 0.513. The second kappa shape index (κ2) is 11.3. The quantitative estimate of drug-likeness (QED) is 0.411. The van der Waals surface area contributed by atoms with Crippen LogP contribution < -0.4 is 5.32 Å². The van der Waals surface area contributed by atoms with Crippen LogP contribution in [0.2, 0.25) is 0 Å². The summed E-state index contributed by atoms with van der Waals surface area (Å²) in [6.45, 7) is 15.6. The Morgan fingerprint density at radius 1 is 1.08 bits per heavy atom. The lowest BCUT2D eigenvalue weighted by Gasteiger charge is -2.27. The van der Waals surface area contributed by atoms with E-state index in [0.717, 1.165) is 12.8 Å². The zero-order chi connectivity index (χ0) is 17.9. The predicted molar refractivity (Wildman–Crippen MR) is 109 cm³/mol. The van der Waals surface area contributed by atoms with Crippen molar-refractivity contribution in [1.82, 2.24) is 5.32 Å². The summed E-state index contributed by atoms with van der Waals surface area (Å²) in [4.78, 5) is 0. The number of unbranched alkanes of at least 4 members (excludes halogenated alkanes) is 3. The fraction of sp³-hybridized carbons (Fsp3) is 0.652. The maximum Gasteiger partial charge on any atom is 0.0321 e. The first-order chi connectivity index (χ1) is 11.5. The summed E-state index contributed by atoms with van der Waals surface area (Å²) in [6.07, 6.45) is 9.80. The van der Waals surface area contributed by atoms with Crippen molar-refractivity contribution in [3.63, 3.8) is 0 Å². The van der Waals surface area contributed by atoms with E-state index in [1.807, 2.05) is 0 Å². The van der Waals surface area contributed by atoms with Crippen molar-refractivity contribution in [3.05, 3.63) is 47.2 Å². The lowest BCUT2D eigenvalue weighted by Crippen LogP contribution is -2.32. The second-order valence-corrected chi connectivity index (χ2v) is 7.30. The summed E-state index contributed by atoms with van der Waals surface area (Å²) >= 11 is 0. The van der Waals surface area contributed by atoms with E-state index in [1.54, 1.807) is 0 Å². The van der Waals surface area contributed by atoms with Gasteiger partial charge in [0.05, 0.1) is 0 Å². The molecule has 1 nitrogen and oxygen atoms in total. The summed E-state index contributed by atoms with van der Waals surface area (Å²) in [7, 11) is 0. The van der Waals surface area contributed by atoms with Gasteiger partial charge in [0.2, 0.25) is 0 Å². The minimum atomic E-state index is 0.473. The molecule has 1 N–H and O–H groups in total. The Morgan fingerprint density at radius 2 is 1.79 bits per heavy atom. The lowest BCUT2D eigenvalue weighted by atomic mass is 9.88. The highest BCUT2D eigenvalue weighted by molar-refractivity contribution is 5.33. The molecule has 1 rings (SSSR count). The number of rotatable bonds is 12. The fourth-order valence-corrected chi connectivity index (χ4v) is 3.35. The Hall–Kier alpha value is -1.24. The van der Waals surface area contributed by atoms with Crippen molar-refractivity contribution in [3.8, 4) is 0 Å². The van der Waals surface area contributed by atoms with Crippen LogP contribution in [-0.4, -0.2) is 6.04 Å². The first kappa shape index (κ1) is 20.8. The van der Waals surface area contributed by atoms with Gasteiger partial charge in [0.25, 0.3) is 0 Å². The molecular weight excluding hydrogens is 290 g/mol. The van der Waals surface area contributed by atoms with Gasteiger partial charge in [-0.15, -0.1) is 0 Å². The molecule has 136 valence electrons. The van der Waals surface area contributed by atoms with Gasteiger partial charge in [0.1, 0.15) is 0 Å². The molecule has 1 heteroatoms. The molecule has 1 aromatic carbocycles. The van der Waals surface area contributed by atoms with E-state index in [4.69, 9.17) is 0 Å². The van der Waals surface area contributed by atoms with Gasteiger partial charge in [-0.25, -0.2) is 0 Å². The maximum atomic E-state index is 4.25. The first-order valence-electron chi connectivity index (χ1n) is 10.1. The molecule has 1 aromatic rings. The number of aryl methyl sites for hydroxylation is 2. The van der Waals surface area contributed by atoms with Gasteiger partial charge in [0, 0.05) is 17.7 Å². The van der Waals surface area contributed by atoms with Crippen molar-refractivity contribution in [2.75, 3.05) is 0 Å². The van der Waals surface area contributed by atoms with E-state index in [9.17, 15) is 0 Å². The van der Waals surface area contributed by atoms with Crippen molar-refractivity contribution in [2.45, 2.75) is 97.9 Å². The van der Waals surface area contributed by atoms with Gasteiger partial charge < -0.3 is 5.32 Å². The molecule has 2 atom stereocenters. The Kier molecular flexibility index (Phi) is 9.83. The van der Waals surface area contributed by atoms with Crippen LogP contribution in [0.15, 0.2) is 30.5 Å². The Balaban J connectivity index is 2.74. The molecule has 0 bridgehead atoms. The minimum Gasteiger partial charge on any atom is -0.385 e. The maximum absolute atomic E-state index is 4.25. The first-order valence-corrected chi connectivity index (χ1v) is 10.1. The molecule has 0 fully saturated rings.